The zero-order valence-electron chi connectivity index (χ0n) is 12.8. The summed E-state index contributed by atoms with van der Waals surface area (Å²) in [6.07, 6.45) is 8.12. The summed E-state index contributed by atoms with van der Waals surface area (Å²) < 4.78 is 0. The van der Waals surface area contributed by atoms with E-state index in [1.54, 1.807) is 0 Å². The van der Waals surface area contributed by atoms with Crippen molar-refractivity contribution in [3.63, 3.8) is 0 Å². The molecular formula is C16H29ClN2O. The van der Waals surface area contributed by atoms with Crippen molar-refractivity contribution < 1.29 is 4.79 Å². The Hall–Kier alpha value is -0.280. The van der Waals surface area contributed by atoms with Crippen LogP contribution in [-0.2, 0) is 4.79 Å². The molecule has 0 bridgehead atoms. The Labute approximate surface area is 129 Å². The van der Waals surface area contributed by atoms with Crippen LogP contribution in [0.3, 0.4) is 0 Å². The molecule has 2 aliphatic carbocycles. The molecule has 2 saturated carbocycles. The predicted octanol–water partition coefficient (Wildman–Crippen LogP) is 2.83. The predicted molar refractivity (Wildman–Crippen MR) is 84.1 cm³/mol. The Balaban J connectivity index is 0.00000147. The van der Waals surface area contributed by atoms with E-state index in [1.165, 1.54) is 38.5 Å². The largest absolute Gasteiger partial charge is 0.337 e. The van der Waals surface area contributed by atoms with E-state index >= 15 is 0 Å². The van der Waals surface area contributed by atoms with E-state index in [0.717, 1.165) is 24.9 Å². The van der Waals surface area contributed by atoms with Crippen LogP contribution in [0.25, 0.3) is 0 Å². The van der Waals surface area contributed by atoms with Gasteiger partial charge in [0.15, 0.2) is 0 Å². The molecule has 3 rings (SSSR count). The van der Waals surface area contributed by atoms with Gasteiger partial charge in [0, 0.05) is 31.1 Å². The highest BCUT2D eigenvalue weighted by Crippen LogP contribution is 2.50. The molecule has 0 spiro atoms. The van der Waals surface area contributed by atoms with Gasteiger partial charge in [0.25, 0.3) is 0 Å². The van der Waals surface area contributed by atoms with Crippen molar-refractivity contribution in [3.8, 4) is 0 Å². The molecule has 0 radical (unpaired) electrons. The SMILES string of the molecule is CC1NCCN(C(=O)C2CC2C2CCCCC2)C1C.Cl. The normalized spacial score (nSPS) is 38.2. The molecule has 20 heavy (non-hydrogen) atoms. The molecule has 0 aromatic carbocycles. The first kappa shape index (κ1) is 16.1. The zero-order chi connectivity index (χ0) is 13.4. The van der Waals surface area contributed by atoms with E-state index in [-0.39, 0.29) is 12.4 Å². The number of rotatable bonds is 2. The van der Waals surface area contributed by atoms with Gasteiger partial charge in [-0.05, 0) is 32.1 Å². The molecule has 3 nitrogen and oxygen atoms in total. The lowest BCUT2D eigenvalue weighted by Crippen LogP contribution is -2.57. The summed E-state index contributed by atoms with van der Waals surface area (Å²) in [6, 6.07) is 0.790. The summed E-state index contributed by atoms with van der Waals surface area (Å²) in [5.74, 6) is 2.41. The number of nitrogens with one attached hydrogen (secondary N) is 1. The highest BCUT2D eigenvalue weighted by molar-refractivity contribution is 5.85. The molecule has 0 aromatic rings. The number of piperazine rings is 1. The van der Waals surface area contributed by atoms with Crippen molar-refractivity contribution in [2.75, 3.05) is 13.1 Å². The topological polar surface area (TPSA) is 32.3 Å². The molecule has 1 aliphatic heterocycles. The third-order valence-electron chi connectivity index (χ3n) is 5.73. The summed E-state index contributed by atoms with van der Waals surface area (Å²) in [6.45, 7) is 6.23. The lowest BCUT2D eigenvalue weighted by atomic mass is 9.85. The summed E-state index contributed by atoms with van der Waals surface area (Å²) in [5.41, 5.74) is 0. The van der Waals surface area contributed by atoms with Gasteiger partial charge in [0.1, 0.15) is 0 Å². The first-order valence-electron chi connectivity index (χ1n) is 8.22. The standard InChI is InChI=1S/C16H28N2O.ClH/c1-11-12(2)18(9-8-17-11)16(19)15-10-14(15)13-6-4-3-5-7-13;/h11-15,17H,3-10H2,1-2H3;1H. The van der Waals surface area contributed by atoms with E-state index in [9.17, 15) is 4.79 Å². The lowest BCUT2D eigenvalue weighted by Gasteiger charge is -2.39. The van der Waals surface area contributed by atoms with Crippen molar-refractivity contribution in [1.29, 1.82) is 0 Å². The van der Waals surface area contributed by atoms with Crippen LogP contribution in [0.15, 0.2) is 0 Å². The highest BCUT2D eigenvalue weighted by Gasteiger charge is 2.49. The fourth-order valence-electron chi connectivity index (χ4n) is 4.16. The minimum absolute atomic E-state index is 0. The fraction of sp³-hybridized carbons (Fsp3) is 0.938. The maximum Gasteiger partial charge on any atom is 0.226 e. The smallest absolute Gasteiger partial charge is 0.226 e. The van der Waals surface area contributed by atoms with E-state index < -0.39 is 0 Å². The maximum absolute atomic E-state index is 12.7. The van der Waals surface area contributed by atoms with Crippen molar-refractivity contribution in [1.82, 2.24) is 10.2 Å². The van der Waals surface area contributed by atoms with Crippen LogP contribution in [0, 0.1) is 17.8 Å². The number of hydrogen-bond donors (Lipinski definition) is 1. The van der Waals surface area contributed by atoms with Gasteiger partial charge in [-0.3, -0.25) is 4.79 Å². The number of carbonyl (C=O) groups is 1. The van der Waals surface area contributed by atoms with Crippen LogP contribution in [-0.4, -0.2) is 36.0 Å². The van der Waals surface area contributed by atoms with Crippen LogP contribution in [0.2, 0.25) is 0 Å². The van der Waals surface area contributed by atoms with Gasteiger partial charge in [0.05, 0.1) is 0 Å². The van der Waals surface area contributed by atoms with Gasteiger partial charge in [-0.2, -0.15) is 0 Å². The lowest BCUT2D eigenvalue weighted by molar-refractivity contribution is -0.136. The number of carbonyl (C=O) groups excluding carboxylic acids is 1. The number of nitrogens with zero attached hydrogens (tertiary/aromatic N) is 1. The van der Waals surface area contributed by atoms with E-state index in [1.807, 2.05) is 0 Å². The average Bonchev–Trinajstić information content (AvgIpc) is 3.22. The van der Waals surface area contributed by atoms with Crippen LogP contribution in [0.1, 0.15) is 52.4 Å². The summed E-state index contributed by atoms with van der Waals surface area (Å²) in [5, 5.41) is 3.46. The van der Waals surface area contributed by atoms with Crippen LogP contribution in [0.4, 0.5) is 0 Å². The number of hydrogen-bond acceptors (Lipinski definition) is 2. The summed E-state index contributed by atoms with van der Waals surface area (Å²) in [4.78, 5) is 14.8. The zero-order valence-corrected chi connectivity index (χ0v) is 13.6. The second-order valence-corrected chi connectivity index (χ2v) is 6.92. The number of amides is 1. The second-order valence-electron chi connectivity index (χ2n) is 6.92. The molecular weight excluding hydrogens is 272 g/mol. The van der Waals surface area contributed by atoms with Crippen molar-refractivity contribution in [2.24, 2.45) is 17.8 Å². The van der Waals surface area contributed by atoms with E-state index in [2.05, 4.69) is 24.1 Å². The molecule has 1 heterocycles. The molecule has 3 aliphatic rings. The van der Waals surface area contributed by atoms with Crippen molar-refractivity contribution >= 4 is 18.3 Å². The van der Waals surface area contributed by atoms with Gasteiger partial charge >= 0.3 is 0 Å². The summed E-state index contributed by atoms with van der Waals surface area (Å²) >= 11 is 0. The first-order valence-corrected chi connectivity index (χ1v) is 8.22. The molecule has 116 valence electrons. The molecule has 1 saturated heterocycles. The van der Waals surface area contributed by atoms with Crippen LogP contribution in [0.5, 0.6) is 0 Å². The highest BCUT2D eigenvalue weighted by atomic mass is 35.5. The second kappa shape index (κ2) is 6.65. The Kier molecular flexibility index (Phi) is 5.36. The van der Waals surface area contributed by atoms with Gasteiger partial charge in [-0.15, -0.1) is 12.4 Å². The van der Waals surface area contributed by atoms with Crippen LogP contribution < -0.4 is 5.32 Å². The maximum atomic E-state index is 12.7. The Morgan fingerprint density at radius 2 is 1.85 bits per heavy atom. The first-order chi connectivity index (χ1) is 9.18. The van der Waals surface area contributed by atoms with Gasteiger partial charge in [0.2, 0.25) is 5.91 Å². The molecule has 4 unspecified atom stereocenters. The van der Waals surface area contributed by atoms with Gasteiger partial charge in [-0.25, -0.2) is 0 Å². The van der Waals surface area contributed by atoms with Crippen molar-refractivity contribution in [2.45, 2.75) is 64.5 Å². The Morgan fingerprint density at radius 3 is 2.55 bits per heavy atom. The average molecular weight is 301 g/mol. The van der Waals surface area contributed by atoms with Crippen LogP contribution >= 0.6 is 12.4 Å². The minimum atomic E-state index is 0. The molecule has 1 amide bonds. The van der Waals surface area contributed by atoms with Gasteiger partial charge < -0.3 is 10.2 Å². The van der Waals surface area contributed by atoms with Gasteiger partial charge in [-0.1, -0.05) is 32.1 Å². The minimum Gasteiger partial charge on any atom is -0.337 e. The Morgan fingerprint density at radius 1 is 1.15 bits per heavy atom. The van der Waals surface area contributed by atoms with E-state index in [0.29, 0.717) is 23.9 Å². The quantitative estimate of drug-likeness (QED) is 0.850. The molecule has 4 heteroatoms. The summed E-state index contributed by atoms with van der Waals surface area (Å²) in [7, 11) is 0. The number of halogens is 1. The molecule has 0 aromatic heterocycles. The van der Waals surface area contributed by atoms with E-state index in [4.69, 9.17) is 0 Å². The molecule has 4 atom stereocenters. The fourth-order valence-corrected chi connectivity index (χ4v) is 4.16. The molecule has 3 fully saturated rings. The third kappa shape index (κ3) is 3.14. The monoisotopic (exact) mass is 300 g/mol. The Bertz CT molecular complexity index is 343. The molecule has 1 N–H and O–H groups in total. The van der Waals surface area contributed by atoms with Crippen molar-refractivity contribution in [3.05, 3.63) is 0 Å². The third-order valence-corrected chi connectivity index (χ3v) is 5.73.